The van der Waals surface area contributed by atoms with E-state index in [4.69, 9.17) is 9.84 Å². The van der Waals surface area contributed by atoms with Crippen LogP contribution in [0.1, 0.15) is 23.7 Å². The summed E-state index contributed by atoms with van der Waals surface area (Å²) in [6.07, 6.45) is 0.284. The number of anilines is 1. The molecule has 2 amide bonds. The third-order valence-electron chi connectivity index (χ3n) is 2.89. The van der Waals surface area contributed by atoms with Gasteiger partial charge in [0, 0.05) is 5.56 Å². The van der Waals surface area contributed by atoms with Crippen LogP contribution in [0.2, 0.25) is 0 Å². The molecule has 1 aromatic rings. The summed E-state index contributed by atoms with van der Waals surface area (Å²) >= 11 is 0. The highest BCUT2D eigenvalue weighted by Gasteiger charge is 2.21. The molecule has 1 aliphatic heterocycles. The Morgan fingerprint density at radius 2 is 2.25 bits per heavy atom. The minimum absolute atomic E-state index is 0.0601. The topological polar surface area (TPSA) is 105 Å². The van der Waals surface area contributed by atoms with Crippen LogP contribution in [-0.2, 0) is 9.59 Å². The quantitative estimate of drug-likeness (QED) is 0.748. The summed E-state index contributed by atoms with van der Waals surface area (Å²) in [6.45, 7) is 1.61. The first-order valence-electron chi connectivity index (χ1n) is 6.11. The van der Waals surface area contributed by atoms with Gasteiger partial charge in [0.05, 0.1) is 5.69 Å². The Kier molecular flexibility index (Phi) is 3.88. The third kappa shape index (κ3) is 2.87. The van der Waals surface area contributed by atoms with Crippen molar-refractivity contribution in [3.8, 4) is 5.75 Å². The van der Waals surface area contributed by atoms with Gasteiger partial charge < -0.3 is 20.5 Å². The summed E-state index contributed by atoms with van der Waals surface area (Å²) in [5.74, 6) is -1.42. The highest BCUT2D eigenvalue weighted by Crippen LogP contribution is 2.28. The van der Waals surface area contributed by atoms with Crippen LogP contribution in [0.25, 0.3) is 0 Å². The summed E-state index contributed by atoms with van der Waals surface area (Å²) in [4.78, 5) is 34.0. The lowest BCUT2D eigenvalue weighted by Gasteiger charge is -2.19. The zero-order chi connectivity index (χ0) is 14.7. The minimum atomic E-state index is -1.09. The number of carbonyl (C=O) groups excluding carboxylic acids is 2. The van der Waals surface area contributed by atoms with Crippen molar-refractivity contribution >= 4 is 23.5 Å². The average molecular weight is 278 g/mol. The van der Waals surface area contributed by atoms with Gasteiger partial charge in [-0.3, -0.25) is 9.59 Å². The Labute approximate surface area is 114 Å². The number of carboxylic acid groups (broad SMARTS) is 1. The smallest absolute Gasteiger partial charge is 0.326 e. The third-order valence-corrected chi connectivity index (χ3v) is 2.89. The van der Waals surface area contributed by atoms with Crippen molar-refractivity contribution in [1.82, 2.24) is 5.32 Å². The van der Waals surface area contributed by atoms with E-state index in [1.165, 1.54) is 12.1 Å². The van der Waals surface area contributed by atoms with Crippen LogP contribution in [-0.4, -0.2) is 35.5 Å². The van der Waals surface area contributed by atoms with E-state index >= 15 is 0 Å². The van der Waals surface area contributed by atoms with Crippen molar-refractivity contribution in [1.29, 1.82) is 0 Å². The lowest BCUT2D eigenvalue weighted by molar-refractivity contribution is -0.139. The predicted octanol–water partition coefficient (Wildman–Crippen LogP) is 0.610. The molecule has 0 saturated heterocycles. The van der Waals surface area contributed by atoms with Gasteiger partial charge in [0.15, 0.2) is 6.61 Å². The molecule has 3 N–H and O–H groups in total. The molecule has 7 heteroatoms. The number of amides is 2. The van der Waals surface area contributed by atoms with Crippen LogP contribution >= 0.6 is 0 Å². The summed E-state index contributed by atoms with van der Waals surface area (Å²) < 4.78 is 5.17. The molecule has 0 fully saturated rings. The molecule has 1 aromatic carbocycles. The molecule has 1 atom stereocenters. The Morgan fingerprint density at radius 3 is 2.90 bits per heavy atom. The van der Waals surface area contributed by atoms with Crippen LogP contribution in [0.5, 0.6) is 5.75 Å². The maximum atomic E-state index is 12.0. The molecular weight excluding hydrogens is 264 g/mol. The van der Waals surface area contributed by atoms with E-state index in [9.17, 15) is 14.4 Å². The molecule has 0 bridgehead atoms. The Balaban J connectivity index is 2.17. The van der Waals surface area contributed by atoms with E-state index in [1.807, 2.05) is 0 Å². The fraction of sp³-hybridized carbons (Fsp3) is 0.308. The number of aliphatic carboxylic acids is 1. The van der Waals surface area contributed by atoms with Crippen molar-refractivity contribution in [2.45, 2.75) is 19.4 Å². The van der Waals surface area contributed by atoms with E-state index in [0.717, 1.165) is 0 Å². The number of ether oxygens (including phenoxy) is 1. The lowest BCUT2D eigenvalue weighted by atomic mass is 10.1. The summed E-state index contributed by atoms with van der Waals surface area (Å²) in [6, 6.07) is 3.59. The molecule has 0 spiro atoms. The van der Waals surface area contributed by atoms with Crippen LogP contribution in [0.15, 0.2) is 18.2 Å². The van der Waals surface area contributed by atoms with Gasteiger partial charge in [-0.2, -0.15) is 0 Å². The molecule has 1 heterocycles. The van der Waals surface area contributed by atoms with E-state index in [0.29, 0.717) is 11.4 Å². The Hall–Kier alpha value is -2.57. The molecule has 20 heavy (non-hydrogen) atoms. The van der Waals surface area contributed by atoms with E-state index in [2.05, 4.69) is 10.6 Å². The zero-order valence-electron chi connectivity index (χ0n) is 10.8. The molecular formula is C13H14N2O5. The standard InChI is InChI=1S/C13H14N2O5/c1-2-8(13(18)19)15-12(17)7-3-4-10-9(5-7)14-11(16)6-20-10/h3-5,8H,2,6H2,1H3,(H,14,16)(H,15,17)(H,18,19)/t8-/m1/s1. The molecule has 7 nitrogen and oxygen atoms in total. The van der Waals surface area contributed by atoms with Gasteiger partial charge in [-0.15, -0.1) is 0 Å². The predicted molar refractivity (Wildman–Crippen MR) is 69.7 cm³/mol. The monoisotopic (exact) mass is 278 g/mol. The van der Waals surface area contributed by atoms with Crippen LogP contribution < -0.4 is 15.4 Å². The fourth-order valence-electron chi connectivity index (χ4n) is 1.80. The maximum absolute atomic E-state index is 12.0. The van der Waals surface area contributed by atoms with Crippen molar-refractivity contribution < 1.29 is 24.2 Å². The number of hydrogen-bond donors (Lipinski definition) is 3. The summed E-state index contributed by atoms with van der Waals surface area (Å²) in [5, 5.41) is 13.9. The molecule has 106 valence electrons. The average Bonchev–Trinajstić information content (AvgIpc) is 2.43. The largest absolute Gasteiger partial charge is 0.482 e. The first kappa shape index (κ1) is 13.9. The summed E-state index contributed by atoms with van der Waals surface area (Å²) in [7, 11) is 0. The number of benzene rings is 1. The number of rotatable bonds is 4. The van der Waals surface area contributed by atoms with Crippen LogP contribution in [0, 0.1) is 0 Å². The fourth-order valence-corrected chi connectivity index (χ4v) is 1.80. The minimum Gasteiger partial charge on any atom is -0.482 e. The second-order valence-corrected chi connectivity index (χ2v) is 4.32. The van der Waals surface area contributed by atoms with Crippen molar-refractivity contribution in [3.63, 3.8) is 0 Å². The second-order valence-electron chi connectivity index (χ2n) is 4.32. The number of nitrogens with one attached hydrogen (secondary N) is 2. The van der Waals surface area contributed by atoms with Crippen molar-refractivity contribution in [2.24, 2.45) is 0 Å². The molecule has 0 unspecified atom stereocenters. The van der Waals surface area contributed by atoms with Gasteiger partial charge in [-0.05, 0) is 24.6 Å². The Morgan fingerprint density at radius 1 is 1.50 bits per heavy atom. The summed E-state index contributed by atoms with van der Waals surface area (Å²) in [5.41, 5.74) is 0.659. The van der Waals surface area contributed by atoms with Gasteiger partial charge in [0.2, 0.25) is 0 Å². The zero-order valence-corrected chi connectivity index (χ0v) is 10.8. The number of fused-ring (bicyclic) bond motifs is 1. The van der Waals surface area contributed by atoms with Gasteiger partial charge in [-0.25, -0.2) is 4.79 Å². The van der Waals surface area contributed by atoms with Gasteiger partial charge in [0.25, 0.3) is 11.8 Å². The SMILES string of the molecule is CC[C@@H](NC(=O)c1ccc2c(c1)NC(=O)CO2)C(=O)O. The molecule has 1 aliphatic rings. The molecule has 0 aliphatic carbocycles. The highest BCUT2D eigenvalue weighted by molar-refractivity contribution is 6.00. The van der Waals surface area contributed by atoms with E-state index in [1.54, 1.807) is 13.0 Å². The van der Waals surface area contributed by atoms with Gasteiger partial charge >= 0.3 is 5.97 Å². The number of carbonyl (C=O) groups is 3. The van der Waals surface area contributed by atoms with Crippen molar-refractivity contribution in [3.05, 3.63) is 23.8 Å². The maximum Gasteiger partial charge on any atom is 0.326 e. The molecule has 0 saturated carbocycles. The molecule has 2 rings (SSSR count). The first-order chi connectivity index (χ1) is 9.51. The van der Waals surface area contributed by atoms with Crippen LogP contribution in [0.3, 0.4) is 0 Å². The van der Waals surface area contributed by atoms with Crippen LogP contribution in [0.4, 0.5) is 5.69 Å². The normalized spacial score (nSPS) is 14.6. The van der Waals surface area contributed by atoms with Gasteiger partial charge in [0.1, 0.15) is 11.8 Å². The second kappa shape index (κ2) is 5.60. The lowest BCUT2D eigenvalue weighted by Crippen LogP contribution is -2.40. The number of hydrogen-bond acceptors (Lipinski definition) is 4. The first-order valence-corrected chi connectivity index (χ1v) is 6.11. The van der Waals surface area contributed by atoms with E-state index < -0.39 is 17.9 Å². The highest BCUT2D eigenvalue weighted by atomic mass is 16.5. The van der Waals surface area contributed by atoms with Gasteiger partial charge in [-0.1, -0.05) is 6.92 Å². The molecule has 0 aromatic heterocycles. The number of carboxylic acids is 1. The van der Waals surface area contributed by atoms with Crippen molar-refractivity contribution in [2.75, 3.05) is 11.9 Å². The Bertz CT molecular complexity index is 570. The molecule has 0 radical (unpaired) electrons. The van der Waals surface area contributed by atoms with E-state index in [-0.39, 0.29) is 24.5 Å².